The first-order valence-electron chi connectivity index (χ1n) is 8.62. The molecular weight excluding hydrogens is 438 g/mol. The molecule has 0 bridgehead atoms. The molecular formula is C22H16BrNO3S. The summed E-state index contributed by atoms with van der Waals surface area (Å²) in [5.41, 5.74) is 1.60. The number of methoxy groups -OCH3 is 1. The van der Waals surface area contributed by atoms with E-state index in [2.05, 4.69) is 15.9 Å². The van der Waals surface area contributed by atoms with Crippen LogP contribution < -0.4 is 5.56 Å². The number of aromatic nitrogens is 1. The molecule has 4 aromatic rings. The summed E-state index contributed by atoms with van der Waals surface area (Å²) >= 11 is 5.03. The Morgan fingerprint density at radius 2 is 1.86 bits per heavy atom. The van der Waals surface area contributed by atoms with Crippen LogP contribution in [0.2, 0.25) is 0 Å². The number of nitrogens with zero attached hydrogens (tertiary/aromatic N) is 1. The number of carbonyl (C=O) groups excluding carboxylic acids is 1. The zero-order valence-electron chi connectivity index (χ0n) is 15.0. The Bertz CT molecular complexity index is 1210. The van der Waals surface area contributed by atoms with Gasteiger partial charge in [0.05, 0.1) is 13.7 Å². The molecule has 28 heavy (non-hydrogen) atoms. The molecule has 0 spiro atoms. The lowest BCUT2D eigenvalue weighted by atomic mass is 9.96. The molecule has 0 radical (unpaired) electrons. The molecule has 0 unspecified atom stereocenters. The lowest BCUT2D eigenvalue weighted by Crippen LogP contribution is -2.28. The molecule has 0 saturated carbocycles. The number of carbonyl (C=O) groups is 1. The number of thiophene rings is 1. The lowest BCUT2D eigenvalue weighted by Gasteiger charge is -2.18. The van der Waals surface area contributed by atoms with Gasteiger partial charge in [-0.1, -0.05) is 52.3 Å². The molecule has 2 aromatic heterocycles. The second-order valence-corrected chi connectivity index (χ2v) is 8.19. The van der Waals surface area contributed by atoms with Crippen LogP contribution in [0.5, 0.6) is 0 Å². The highest BCUT2D eigenvalue weighted by molar-refractivity contribution is 9.10. The fraction of sp³-hybridized carbons (Fsp3) is 0.0909. The monoisotopic (exact) mass is 453 g/mol. The Balaban J connectivity index is 2.16. The first-order valence-corrected chi connectivity index (χ1v) is 10.3. The predicted molar refractivity (Wildman–Crippen MR) is 116 cm³/mol. The quantitative estimate of drug-likeness (QED) is 0.392. The number of hydrogen-bond donors (Lipinski definition) is 0. The molecule has 0 fully saturated rings. The van der Waals surface area contributed by atoms with Crippen molar-refractivity contribution in [2.45, 2.75) is 6.54 Å². The van der Waals surface area contributed by atoms with Gasteiger partial charge < -0.3 is 4.74 Å². The molecule has 0 N–H and O–H groups in total. The molecule has 0 aliphatic carbocycles. The van der Waals surface area contributed by atoms with Crippen molar-refractivity contribution in [2.75, 3.05) is 7.11 Å². The number of fused-ring (bicyclic) bond motifs is 1. The highest BCUT2D eigenvalue weighted by Gasteiger charge is 2.24. The largest absolute Gasteiger partial charge is 0.464 e. The fourth-order valence-corrected chi connectivity index (χ4v) is 4.39. The van der Waals surface area contributed by atoms with E-state index in [-0.39, 0.29) is 11.3 Å². The van der Waals surface area contributed by atoms with E-state index in [1.807, 2.05) is 60.0 Å². The van der Waals surface area contributed by atoms with E-state index in [1.54, 1.807) is 17.4 Å². The maximum absolute atomic E-state index is 13.3. The minimum atomic E-state index is -0.533. The fourth-order valence-electron chi connectivity index (χ4n) is 3.33. The Morgan fingerprint density at radius 1 is 1.07 bits per heavy atom. The normalized spacial score (nSPS) is 10.9. The summed E-state index contributed by atoms with van der Waals surface area (Å²) < 4.78 is 7.45. The highest BCUT2D eigenvalue weighted by atomic mass is 79.9. The van der Waals surface area contributed by atoms with Gasteiger partial charge >= 0.3 is 5.97 Å². The zero-order valence-corrected chi connectivity index (χ0v) is 17.4. The number of ether oxygens (including phenoxy) is 1. The summed E-state index contributed by atoms with van der Waals surface area (Å²) in [6, 6.07) is 19.0. The van der Waals surface area contributed by atoms with E-state index in [4.69, 9.17) is 4.74 Å². The summed E-state index contributed by atoms with van der Waals surface area (Å²) in [6.45, 7) is 0.312. The van der Waals surface area contributed by atoms with Gasteiger partial charge in [-0.2, -0.15) is 0 Å². The summed E-state index contributed by atoms with van der Waals surface area (Å²) in [7, 11) is 1.34. The first-order chi connectivity index (χ1) is 13.6. The van der Waals surface area contributed by atoms with Crippen LogP contribution in [0, 0.1) is 0 Å². The Labute approximate surface area is 174 Å². The second-order valence-electron chi connectivity index (χ2n) is 6.24. The van der Waals surface area contributed by atoms with Gasteiger partial charge in [0.15, 0.2) is 0 Å². The third-order valence-corrected chi connectivity index (χ3v) is 5.92. The molecule has 6 heteroatoms. The van der Waals surface area contributed by atoms with Gasteiger partial charge in [-0.15, -0.1) is 11.3 Å². The van der Waals surface area contributed by atoms with Crippen molar-refractivity contribution in [1.82, 2.24) is 4.57 Å². The minimum absolute atomic E-state index is 0.212. The molecule has 0 atom stereocenters. The zero-order chi connectivity index (χ0) is 19.7. The summed E-state index contributed by atoms with van der Waals surface area (Å²) in [6.07, 6.45) is 0. The molecule has 4 nitrogen and oxygen atoms in total. The summed E-state index contributed by atoms with van der Waals surface area (Å²) in [5.74, 6) is -0.533. The average Bonchev–Trinajstić information content (AvgIpc) is 3.23. The van der Waals surface area contributed by atoms with E-state index in [0.717, 1.165) is 14.9 Å². The molecule has 0 aliphatic rings. The smallest absolute Gasteiger partial charge is 0.355 e. The van der Waals surface area contributed by atoms with Gasteiger partial charge in [0.1, 0.15) is 5.69 Å². The number of esters is 1. The van der Waals surface area contributed by atoms with Crippen molar-refractivity contribution >= 4 is 44.0 Å². The Hall–Kier alpha value is -2.70. The molecule has 4 rings (SSSR count). The van der Waals surface area contributed by atoms with Crippen molar-refractivity contribution in [3.8, 4) is 11.1 Å². The number of rotatable bonds is 4. The topological polar surface area (TPSA) is 48.3 Å². The maximum Gasteiger partial charge on any atom is 0.355 e. The Kier molecular flexibility index (Phi) is 5.15. The minimum Gasteiger partial charge on any atom is -0.464 e. The average molecular weight is 454 g/mol. The van der Waals surface area contributed by atoms with E-state index >= 15 is 0 Å². The summed E-state index contributed by atoms with van der Waals surface area (Å²) in [4.78, 5) is 27.2. The van der Waals surface area contributed by atoms with Gasteiger partial charge in [0, 0.05) is 20.3 Å². The van der Waals surface area contributed by atoms with Gasteiger partial charge in [-0.3, -0.25) is 9.36 Å². The van der Waals surface area contributed by atoms with Crippen molar-refractivity contribution in [1.29, 1.82) is 0 Å². The summed E-state index contributed by atoms with van der Waals surface area (Å²) in [5, 5.41) is 3.23. The van der Waals surface area contributed by atoms with Gasteiger partial charge in [0.2, 0.25) is 0 Å². The maximum atomic E-state index is 13.3. The van der Waals surface area contributed by atoms with Crippen LogP contribution in [0.25, 0.3) is 21.9 Å². The van der Waals surface area contributed by atoms with Crippen LogP contribution >= 0.6 is 27.3 Å². The molecule has 0 amide bonds. The van der Waals surface area contributed by atoms with Crippen molar-refractivity contribution in [3.05, 3.63) is 91.4 Å². The number of hydrogen-bond acceptors (Lipinski definition) is 4. The van der Waals surface area contributed by atoms with Crippen LogP contribution in [0.15, 0.2) is 75.3 Å². The molecule has 0 saturated heterocycles. The third-order valence-electron chi connectivity index (χ3n) is 4.57. The predicted octanol–water partition coefficient (Wildman–Crippen LogP) is 5.33. The number of pyridine rings is 1. The molecule has 0 aliphatic heterocycles. The van der Waals surface area contributed by atoms with E-state index in [1.165, 1.54) is 11.7 Å². The Morgan fingerprint density at radius 3 is 2.54 bits per heavy atom. The standard InChI is InChI=1S/C22H16BrNO3S/c1-27-22(26)20-19(14-6-3-2-4-7-14)18-12-15(23)9-10-17(18)21(25)24(20)13-16-8-5-11-28-16/h2-12H,13H2,1H3. The third kappa shape index (κ3) is 3.30. The van der Waals surface area contributed by atoms with Crippen LogP contribution in [0.1, 0.15) is 15.4 Å². The number of benzene rings is 2. The van der Waals surface area contributed by atoms with Gasteiger partial charge in [0.25, 0.3) is 5.56 Å². The van der Waals surface area contributed by atoms with E-state index in [0.29, 0.717) is 22.9 Å². The van der Waals surface area contributed by atoms with Crippen LogP contribution in [-0.2, 0) is 11.3 Å². The molecule has 2 heterocycles. The van der Waals surface area contributed by atoms with Gasteiger partial charge in [-0.05, 0) is 40.6 Å². The van der Waals surface area contributed by atoms with Crippen molar-refractivity contribution < 1.29 is 9.53 Å². The second kappa shape index (κ2) is 7.73. The highest BCUT2D eigenvalue weighted by Crippen LogP contribution is 2.33. The van der Waals surface area contributed by atoms with Crippen molar-refractivity contribution in [3.63, 3.8) is 0 Å². The van der Waals surface area contributed by atoms with E-state index in [9.17, 15) is 9.59 Å². The SMILES string of the molecule is COC(=O)c1c(-c2ccccc2)c2cc(Br)ccc2c(=O)n1Cc1cccs1. The van der Waals surface area contributed by atoms with Crippen molar-refractivity contribution in [2.24, 2.45) is 0 Å². The molecule has 2 aromatic carbocycles. The molecule has 140 valence electrons. The van der Waals surface area contributed by atoms with E-state index < -0.39 is 5.97 Å². The number of halogens is 1. The van der Waals surface area contributed by atoms with Gasteiger partial charge in [-0.25, -0.2) is 4.79 Å². The van der Waals surface area contributed by atoms with Crippen LogP contribution in [0.3, 0.4) is 0 Å². The van der Waals surface area contributed by atoms with Crippen LogP contribution in [0.4, 0.5) is 0 Å². The first kappa shape index (κ1) is 18.7. The lowest BCUT2D eigenvalue weighted by molar-refractivity contribution is 0.0588. The van der Waals surface area contributed by atoms with Crippen LogP contribution in [-0.4, -0.2) is 17.6 Å².